The highest BCUT2D eigenvalue weighted by Gasteiger charge is 2.24. The van der Waals surface area contributed by atoms with E-state index in [-0.39, 0.29) is 11.1 Å². The van der Waals surface area contributed by atoms with Crippen LogP contribution < -0.4 is 0 Å². The van der Waals surface area contributed by atoms with E-state index in [0.29, 0.717) is 22.2 Å². The number of imidazole rings is 2. The van der Waals surface area contributed by atoms with E-state index in [1.807, 2.05) is 24.5 Å². The molecule has 0 spiro atoms. The number of nitrogens with one attached hydrogen (secondary N) is 1. The summed E-state index contributed by atoms with van der Waals surface area (Å²) in [6.07, 6.45) is 9.43. The number of rotatable bonds is 3. The topological polar surface area (TPSA) is 87.0 Å². The van der Waals surface area contributed by atoms with Crippen LogP contribution in [0.4, 0.5) is 4.39 Å². The number of hydrogen-bond donors (Lipinski definition) is 2. The number of H-pyrrole nitrogens is 1. The molecule has 2 N–H and O–H groups in total. The van der Waals surface area contributed by atoms with Crippen molar-refractivity contribution in [1.29, 1.82) is 0 Å². The van der Waals surface area contributed by atoms with E-state index in [0.717, 1.165) is 23.6 Å². The molecular weight excluding hydrogens is 385 g/mol. The number of nitrogens with zero attached hydrogens (tertiary/aromatic N) is 4. The van der Waals surface area contributed by atoms with Crippen molar-refractivity contribution in [3.63, 3.8) is 0 Å². The molecule has 30 heavy (non-hydrogen) atoms. The summed E-state index contributed by atoms with van der Waals surface area (Å²) in [5.41, 5.74) is 3.73. The molecule has 154 valence electrons. The smallest absolute Gasteiger partial charge is 0.282 e. The molecule has 0 radical (unpaired) electrons. The van der Waals surface area contributed by atoms with Gasteiger partial charge in [0.1, 0.15) is 11.4 Å². The van der Waals surface area contributed by atoms with Crippen molar-refractivity contribution < 1.29 is 14.4 Å². The predicted molar refractivity (Wildman–Crippen MR) is 111 cm³/mol. The Kier molecular flexibility index (Phi) is 4.51. The molecule has 2 aromatic heterocycles. The summed E-state index contributed by atoms with van der Waals surface area (Å²) in [4.78, 5) is 23.9. The third-order valence-electron chi connectivity index (χ3n) is 6.02. The van der Waals surface area contributed by atoms with Gasteiger partial charge in [0.2, 0.25) is 0 Å². The number of hydrogen-bond acceptors (Lipinski definition) is 4. The van der Waals surface area contributed by atoms with Gasteiger partial charge in [0.05, 0.1) is 34.7 Å². The second-order valence-electron chi connectivity index (χ2n) is 7.88. The fourth-order valence-corrected chi connectivity index (χ4v) is 4.52. The van der Waals surface area contributed by atoms with Gasteiger partial charge >= 0.3 is 0 Å². The number of halogens is 1. The first-order chi connectivity index (χ1) is 14.5. The Morgan fingerprint density at radius 2 is 2.03 bits per heavy atom. The second-order valence-corrected chi connectivity index (χ2v) is 7.88. The van der Waals surface area contributed by atoms with Crippen LogP contribution in [0.1, 0.15) is 48.5 Å². The van der Waals surface area contributed by atoms with Crippen LogP contribution in [-0.2, 0) is 0 Å². The Bertz CT molecular complexity index is 1250. The lowest BCUT2D eigenvalue weighted by atomic mass is 9.95. The molecule has 2 heterocycles. The van der Waals surface area contributed by atoms with Crippen molar-refractivity contribution >= 4 is 28.0 Å². The zero-order chi connectivity index (χ0) is 20.8. The van der Waals surface area contributed by atoms with Gasteiger partial charge in [-0.15, -0.1) is 0 Å². The van der Waals surface area contributed by atoms with E-state index in [9.17, 15) is 14.4 Å². The predicted octanol–water partition coefficient (Wildman–Crippen LogP) is 4.69. The van der Waals surface area contributed by atoms with E-state index < -0.39 is 11.7 Å². The van der Waals surface area contributed by atoms with Gasteiger partial charge in [-0.3, -0.25) is 10.0 Å². The molecule has 0 saturated heterocycles. The van der Waals surface area contributed by atoms with Crippen molar-refractivity contribution in [3.05, 3.63) is 48.3 Å². The number of hydroxylamine groups is 2. The molecule has 7 nitrogen and oxygen atoms in total. The van der Waals surface area contributed by atoms with E-state index in [4.69, 9.17) is 0 Å². The van der Waals surface area contributed by atoms with Gasteiger partial charge < -0.3 is 9.55 Å². The maximum atomic E-state index is 14.9. The molecule has 5 rings (SSSR count). The molecule has 1 amide bonds. The fraction of sp³-hybridized carbons (Fsp3) is 0.318. The summed E-state index contributed by atoms with van der Waals surface area (Å²) >= 11 is 0. The lowest BCUT2D eigenvalue weighted by Gasteiger charge is -2.23. The fourth-order valence-electron chi connectivity index (χ4n) is 4.52. The van der Waals surface area contributed by atoms with Gasteiger partial charge in [-0.2, -0.15) is 0 Å². The maximum Gasteiger partial charge on any atom is 0.282 e. The lowest BCUT2D eigenvalue weighted by Crippen LogP contribution is -2.24. The standard InChI is InChI=1S/C22H22FN5O2/c1-27(30)22(29)19-16(23)10-15(20-21(19)25-11-24-20)13-7-8-18-17(9-13)26-12-28(18)14-5-3-2-4-6-14/h7-12,14,30H,2-6H2,1H3,(H,24,25). The molecule has 1 saturated carbocycles. The third kappa shape index (κ3) is 2.95. The van der Waals surface area contributed by atoms with E-state index in [1.54, 1.807) is 0 Å². The van der Waals surface area contributed by atoms with Crippen molar-refractivity contribution in [2.24, 2.45) is 0 Å². The van der Waals surface area contributed by atoms with Crippen LogP contribution in [0.2, 0.25) is 0 Å². The van der Waals surface area contributed by atoms with E-state index in [1.165, 1.54) is 44.5 Å². The van der Waals surface area contributed by atoms with Gasteiger partial charge in [0.15, 0.2) is 0 Å². The summed E-state index contributed by atoms with van der Waals surface area (Å²) in [7, 11) is 1.16. The minimum absolute atomic E-state index is 0.237. The number of aromatic nitrogens is 4. The molecule has 1 aliphatic carbocycles. The van der Waals surface area contributed by atoms with Crippen LogP contribution in [0, 0.1) is 5.82 Å². The molecule has 1 aliphatic rings. The highest BCUT2D eigenvalue weighted by Crippen LogP contribution is 2.35. The van der Waals surface area contributed by atoms with Crippen LogP contribution >= 0.6 is 0 Å². The molecule has 8 heteroatoms. The van der Waals surface area contributed by atoms with Crippen LogP contribution in [-0.4, -0.2) is 42.7 Å². The van der Waals surface area contributed by atoms with Crippen molar-refractivity contribution in [2.75, 3.05) is 7.05 Å². The summed E-state index contributed by atoms with van der Waals surface area (Å²) in [6.45, 7) is 0. The van der Waals surface area contributed by atoms with Crippen molar-refractivity contribution in [1.82, 2.24) is 24.6 Å². The molecule has 0 atom stereocenters. The molecule has 0 aliphatic heterocycles. The largest absolute Gasteiger partial charge is 0.344 e. The van der Waals surface area contributed by atoms with Gasteiger partial charge in [-0.25, -0.2) is 19.4 Å². The van der Waals surface area contributed by atoms with Gasteiger partial charge in [0.25, 0.3) is 5.91 Å². The summed E-state index contributed by atoms with van der Waals surface area (Å²) in [5, 5.41) is 9.85. The molecular formula is C22H22FN5O2. The first kappa shape index (κ1) is 18.7. The second kappa shape index (κ2) is 7.21. The lowest BCUT2D eigenvalue weighted by molar-refractivity contribution is -0.0376. The Morgan fingerprint density at radius 3 is 2.80 bits per heavy atom. The molecule has 2 aromatic carbocycles. The first-order valence-electron chi connectivity index (χ1n) is 10.1. The van der Waals surface area contributed by atoms with Crippen LogP contribution in [0.3, 0.4) is 0 Å². The Labute approximate surface area is 172 Å². The molecule has 0 bridgehead atoms. The summed E-state index contributed by atoms with van der Waals surface area (Å²) < 4.78 is 17.1. The molecule has 4 aromatic rings. The number of amides is 1. The zero-order valence-corrected chi connectivity index (χ0v) is 16.6. The highest BCUT2D eigenvalue weighted by atomic mass is 19.1. The summed E-state index contributed by atoms with van der Waals surface area (Å²) in [6, 6.07) is 7.65. The monoisotopic (exact) mass is 407 g/mol. The van der Waals surface area contributed by atoms with E-state index in [2.05, 4.69) is 19.5 Å². The van der Waals surface area contributed by atoms with Gasteiger partial charge in [-0.05, 0) is 36.6 Å². The average Bonchev–Trinajstić information content (AvgIpc) is 3.40. The Morgan fingerprint density at radius 1 is 1.23 bits per heavy atom. The van der Waals surface area contributed by atoms with Crippen molar-refractivity contribution in [3.8, 4) is 11.1 Å². The van der Waals surface area contributed by atoms with Crippen LogP contribution in [0.15, 0.2) is 36.9 Å². The number of carbonyl (C=O) groups is 1. The normalized spacial score (nSPS) is 15.2. The SMILES string of the molecule is CN(O)C(=O)c1c(F)cc(-c2ccc3c(c2)ncn3C2CCCCC2)c2nc[nH]c12. The zero-order valence-electron chi connectivity index (χ0n) is 16.6. The first-order valence-corrected chi connectivity index (χ1v) is 10.1. The van der Waals surface area contributed by atoms with Gasteiger partial charge in [0, 0.05) is 18.7 Å². The maximum absolute atomic E-state index is 14.9. The molecule has 1 fully saturated rings. The van der Waals surface area contributed by atoms with E-state index >= 15 is 0 Å². The quantitative estimate of drug-likeness (QED) is 0.381. The third-order valence-corrected chi connectivity index (χ3v) is 6.02. The minimum atomic E-state index is -0.838. The number of fused-ring (bicyclic) bond motifs is 2. The Balaban J connectivity index is 1.61. The van der Waals surface area contributed by atoms with Crippen LogP contribution in [0.25, 0.3) is 33.2 Å². The number of aromatic amines is 1. The van der Waals surface area contributed by atoms with Crippen molar-refractivity contribution in [2.45, 2.75) is 38.1 Å². The summed E-state index contributed by atoms with van der Waals surface area (Å²) in [5.74, 6) is -1.56. The average molecular weight is 407 g/mol. The van der Waals surface area contributed by atoms with Crippen LogP contribution in [0.5, 0.6) is 0 Å². The number of benzene rings is 2. The van der Waals surface area contributed by atoms with Gasteiger partial charge in [-0.1, -0.05) is 25.3 Å². The minimum Gasteiger partial charge on any atom is -0.344 e. The Hall–Kier alpha value is -3.26. The molecule has 0 unspecified atom stereocenters. The number of carbonyl (C=O) groups excluding carboxylic acids is 1. The highest BCUT2D eigenvalue weighted by molar-refractivity contribution is 6.08.